The highest BCUT2D eigenvalue weighted by atomic mass is 15.0. The molecule has 12 rings (SSSR count). The van der Waals surface area contributed by atoms with E-state index in [2.05, 4.69) is 252 Å². The highest BCUT2D eigenvalue weighted by Crippen LogP contribution is 2.39. The fraction of sp³-hybridized carbons (Fsp3) is 0. The number of hydrogen-bond acceptors (Lipinski definition) is 0. The molecule has 0 saturated heterocycles. The Morgan fingerprint density at radius 3 is 1.03 bits per heavy atom. The maximum atomic E-state index is 2.41. The van der Waals surface area contributed by atoms with Crippen LogP contribution in [0.15, 0.2) is 243 Å². The topological polar surface area (TPSA) is 9.86 Å². The Balaban J connectivity index is 0.903. The van der Waals surface area contributed by atoms with Gasteiger partial charge in [0.25, 0.3) is 0 Å². The van der Waals surface area contributed by atoms with Crippen LogP contribution in [0.1, 0.15) is 0 Å². The number of benzene rings is 10. The lowest BCUT2D eigenvalue weighted by molar-refractivity contribution is 1.18. The monoisotopic (exact) mass is 788 g/mol. The number of para-hydroxylation sites is 2. The zero-order valence-electron chi connectivity index (χ0n) is 34.0. The molecule has 0 aliphatic heterocycles. The van der Waals surface area contributed by atoms with E-state index in [-0.39, 0.29) is 0 Å². The van der Waals surface area contributed by atoms with Gasteiger partial charge in [0.15, 0.2) is 0 Å². The molecule has 0 aliphatic rings. The summed E-state index contributed by atoms with van der Waals surface area (Å²) in [7, 11) is 0. The van der Waals surface area contributed by atoms with Gasteiger partial charge in [0.1, 0.15) is 0 Å². The van der Waals surface area contributed by atoms with Gasteiger partial charge in [-0.25, -0.2) is 0 Å². The van der Waals surface area contributed by atoms with Crippen molar-refractivity contribution in [1.29, 1.82) is 0 Å². The zero-order chi connectivity index (χ0) is 41.0. The molecule has 0 spiro atoms. The van der Waals surface area contributed by atoms with Crippen LogP contribution >= 0.6 is 0 Å². The van der Waals surface area contributed by atoms with Gasteiger partial charge in [-0.15, -0.1) is 0 Å². The Kier molecular flexibility index (Phi) is 8.53. The zero-order valence-corrected chi connectivity index (χ0v) is 34.0. The van der Waals surface area contributed by atoms with E-state index in [9.17, 15) is 0 Å². The van der Waals surface area contributed by atoms with Crippen LogP contribution in [-0.2, 0) is 0 Å². The molecular weight excluding hydrogens is 749 g/mol. The fourth-order valence-corrected chi connectivity index (χ4v) is 9.51. The minimum atomic E-state index is 1.14. The molecule has 0 saturated carbocycles. The smallest absolute Gasteiger partial charge is 0.0541 e. The van der Waals surface area contributed by atoms with E-state index in [0.717, 1.165) is 11.4 Å². The van der Waals surface area contributed by atoms with Crippen LogP contribution < -0.4 is 0 Å². The Morgan fingerprint density at radius 1 is 0.177 bits per heavy atom. The maximum absolute atomic E-state index is 2.41. The van der Waals surface area contributed by atoms with Crippen LogP contribution in [-0.4, -0.2) is 9.13 Å². The van der Waals surface area contributed by atoms with E-state index in [0.29, 0.717) is 0 Å². The van der Waals surface area contributed by atoms with Gasteiger partial charge in [0.2, 0.25) is 0 Å². The Morgan fingerprint density at radius 2 is 0.516 bits per heavy atom. The molecule has 0 atom stereocenters. The van der Waals surface area contributed by atoms with Gasteiger partial charge in [-0.3, -0.25) is 0 Å². The molecule has 0 radical (unpaired) electrons. The summed E-state index contributed by atoms with van der Waals surface area (Å²) < 4.78 is 4.81. The summed E-state index contributed by atoms with van der Waals surface area (Å²) in [5.74, 6) is 0. The van der Waals surface area contributed by atoms with Crippen molar-refractivity contribution in [3.8, 4) is 67.0 Å². The molecule has 62 heavy (non-hydrogen) atoms. The van der Waals surface area contributed by atoms with Gasteiger partial charge in [0.05, 0.1) is 22.1 Å². The molecule has 10 aromatic carbocycles. The van der Waals surface area contributed by atoms with Crippen molar-refractivity contribution >= 4 is 43.6 Å². The van der Waals surface area contributed by atoms with E-state index < -0.39 is 0 Å². The highest BCUT2D eigenvalue weighted by molar-refractivity contribution is 6.12. The van der Waals surface area contributed by atoms with Crippen molar-refractivity contribution in [2.45, 2.75) is 0 Å². The second-order valence-corrected chi connectivity index (χ2v) is 16.2. The van der Waals surface area contributed by atoms with E-state index in [1.807, 2.05) is 0 Å². The van der Waals surface area contributed by atoms with Gasteiger partial charge in [-0.2, -0.15) is 0 Å². The first kappa shape index (κ1) is 35.7. The van der Waals surface area contributed by atoms with Gasteiger partial charge in [0, 0.05) is 32.9 Å². The van der Waals surface area contributed by atoms with E-state index >= 15 is 0 Å². The Bertz CT molecular complexity index is 3610. The van der Waals surface area contributed by atoms with Crippen LogP contribution in [0.3, 0.4) is 0 Å². The van der Waals surface area contributed by atoms with Gasteiger partial charge in [-0.05, 0) is 128 Å². The summed E-state index contributed by atoms with van der Waals surface area (Å²) in [5, 5.41) is 4.99. The molecule has 290 valence electrons. The van der Waals surface area contributed by atoms with Crippen LogP contribution in [0.2, 0.25) is 0 Å². The average Bonchev–Trinajstić information content (AvgIpc) is 3.87. The minimum Gasteiger partial charge on any atom is -0.309 e. The first-order valence-corrected chi connectivity index (χ1v) is 21.3. The molecule has 0 unspecified atom stereocenters. The summed E-state index contributed by atoms with van der Waals surface area (Å²) in [5.41, 5.74) is 19.2. The van der Waals surface area contributed by atoms with Crippen molar-refractivity contribution < 1.29 is 0 Å². The number of fused-ring (bicyclic) bond motifs is 6. The van der Waals surface area contributed by atoms with E-state index in [1.165, 1.54) is 99.2 Å². The third-order valence-corrected chi connectivity index (χ3v) is 12.5. The van der Waals surface area contributed by atoms with Gasteiger partial charge >= 0.3 is 0 Å². The first-order valence-electron chi connectivity index (χ1n) is 21.3. The quantitative estimate of drug-likeness (QED) is 0.152. The van der Waals surface area contributed by atoms with E-state index in [1.54, 1.807) is 0 Å². The normalized spacial score (nSPS) is 11.5. The summed E-state index contributed by atoms with van der Waals surface area (Å²) in [4.78, 5) is 0. The number of hydrogen-bond donors (Lipinski definition) is 0. The van der Waals surface area contributed by atoms with Gasteiger partial charge < -0.3 is 9.13 Å². The summed E-state index contributed by atoms with van der Waals surface area (Å²) in [6.07, 6.45) is 0. The fourth-order valence-electron chi connectivity index (χ4n) is 9.51. The highest BCUT2D eigenvalue weighted by Gasteiger charge is 2.17. The first-order chi connectivity index (χ1) is 30.7. The number of aromatic nitrogens is 2. The third kappa shape index (κ3) is 6.12. The minimum absolute atomic E-state index is 1.14. The van der Waals surface area contributed by atoms with Crippen LogP contribution in [0, 0.1) is 0 Å². The summed E-state index contributed by atoms with van der Waals surface area (Å²) >= 11 is 0. The predicted octanol–water partition coefficient (Wildman–Crippen LogP) is 16.2. The van der Waals surface area contributed by atoms with Crippen molar-refractivity contribution in [3.63, 3.8) is 0 Å². The second-order valence-electron chi connectivity index (χ2n) is 16.2. The van der Waals surface area contributed by atoms with Crippen molar-refractivity contribution in [2.75, 3.05) is 0 Å². The second kappa shape index (κ2) is 14.8. The average molecular weight is 789 g/mol. The van der Waals surface area contributed by atoms with Crippen molar-refractivity contribution in [2.24, 2.45) is 0 Å². The Labute approximate surface area is 360 Å². The molecule has 2 aromatic heterocycles. The number of rotatable bonds is 7. The predicted molar refractivity (Wildman–Crippen MR) is 262 cm³/mol. The summed E-state index contributed by atoms with van der Waals surface area (Å²) in [6.45, 7) is 0. The molecule has 2 nitrogen and oxygen atoms in total. The SMILES string of the molecule is c1ccc(-c2cccc(-c3cccc(-c4ccc(-n5c6ccccc6c6cc(-c7ccc8c(c7)c7ccccc7n8-c7cccc(-c8ccccc8)c7)ccc65)cc4)c3)c2)cc1. The molecule has 0 amide bonds. The molecular formula is C60H40N2. The lowest BCUT2D eigenvalue weighted by Crippen LogP contribution is -1.94. The molecule has 0 aliphatic carbocycles. The molecule has 2 heteroatoms. The maximum Gasteiger partial charge on any atom is 0.0541 e. The third-order valence-electron chi connectivity index (χ3n) is 12.5. The standard InChI is InChI=1S/C60H40N2/c1-3-14-41(15-4-1)44-18-11-20-46(36-44)47-21-12-19-45(37-47)43-28-32-51(33-29-43)61-57-26-9-7-24-53(57)55-39-49(30-34-59(55)61)50-31-35-60-56(40-50)54-25-8-10-27-58(54)62(60)52-23-13-22-48(38-52)42-16-5-2-6-17-42/h1-40H. The largest absolute Gasteiger partial charge is 0.309 e. The molecule has 12 aromatic rings. The van der Waals surface area contributed by atoms with Crippen molar-refractivity contribution in [1.82, 2.24) is 9.13 Å². The lowest BCUT2D eigenvalue weighted by Gasteiger charge is -2.11. The molecule has 0 N–H and O–H groups in total. The van der Waals surface area contributed by atoms with Gasteiger partial charge in [-0.1, -0.05) is 170 Å². The van der Waals surface area contributed by atoms with Crippen molar-refractivity contribution in [3.05, 3.63) is 243 Å². The molecule has 0 fully saturated rings. The van der Waals surface area contributed by atoms with E-state index in [4.69, 9.17) is 0 Å². The Hall–Kier alpha value is -8.20. The lowest BCUT2D eigenvalue weighted by atomic mass is 9.96. The molecule has 2 heterocycles. The van der Waals surface area contributed by atoms with Crippen LogP contribution in [0.25, 0.3) is 111 Å². The molecule has 0 bridgehead atoms. The van der Waals surface area contributed by atoms with Crippen LogP contribution in [0.5, 0.6) is 0 Å². The summed E-state index contributed by atoms with van der Waals surface area (Å²) in [6, 6.07) is 88.3. The number of nitrogens with zero attached hydrogens (tertiary/aromatic N) is 2. The van der Waals surface area contributed by atoms with Crippen LogP contribution in [0.4, 0.5) is 0 Å².